The summed E-state index contributed by atoms with van der Waals surface area (Å²) in [5.74, 6) is -0.801. The van der Waals surface area contributed by atoms with Gasteiger partial charge in [-0.3, -0.25) is 0 Å². The Bertz CT molecular complexity index is 627. The van der Waals surface area contributed by atoms with Crippen LogP contribution in [0.1, 0.15) is 24.8 Å². The number of rotatable bonds is 6. The van der Waals surface area contributed by atoms with Gasteiger partial charge in [-0.1, -0.05) is 11.6 Å². The average molecular weight is 337 g/mol. The smallest absolute Gasteiger partial charge is 0.240 e. The summed E-state index contributed by atoms with van der Waals surface area (Å²) in [6.45, 7) is 0.120. The number of nitrogens with two attached hydrogens (primary N) is 1. The van der Waals surface area contributed by atoms with E-state index in [9.17, 15) is 12.8 Å². The van der Waals surface area contributed by atoms with Crippen LogP contribution in [0.2, 0.25) is 5.02 Å². The maximum absolute atomic E-state index is 13.7. The van der Waals surface area contributed by atoms with Crippen LogP contribution in [-0.2, 0) is 21.3 Å². The molecule has 0 unspecified atom stereocenters. The standard InChI is InChI=1S/C13H18ClFN2O3S/c1-20-13(3-2-4-13)8-17-21(18,19)10-5-9(7-16)12(14)11(15)6-10/h5-6,17H,2-4,7-8,16H2,1H3. The Balaban J connectivity index is 2.21. The summed E-state index contributed by atoms with van der Waals surface area (Å²) in [5, 5.41) is -0.149. The highest BCUT2D eigenvalue weighted by atomic mass is 35.5. The van der Waals surface area contributed by atoms with E-state index < -0.39 is 21.4 Å². The number of halogens is 2. The first kappa shape index (κ1) is 16.6. The van der Waals surface area contributed by atoms with Gasteiger partial charge in [0.15, 0.2) is 0 Å². The third kappa shape index (κ3) is 3.37. The molecular formula is C13H18ClFN2O3S. The van der Waals surface area contributed by atoms with E-state index in [0.29, 0.717) is 0 Å². The molecule has 0 radical (unpaired) electrons. The summed E-state index contributed by atoms with van der Waals surface area (Å²) < 4.78 is 46.0. The second-order valence-electron chi connectivity index (χ2n) is 5.15. The highest BCUT2D eigenvalue weighted by Gasteiger charge is 2.38. The predicted molar refractivity (Wildman–Crippen MR) is 78.1 cm³/mol. The molecule has 3 N–H and O–H groups in total. The number of hydrogen-bond donors (Lipinski definition) is 2. The molecule has 8 heteroatoms. The van der Waals surface area contributed by atoms with Crippen molar-refractivity contribution in [3.63, 3.8) is 0 Å². The predicted octanol–water partition coefficient (Wildman–Crippen LogP) is 1.79. The number of hydrogen-bond acceptors (Lipinski definition) is 4. The zero-order valence-corrected chi connectivity index (χ0v) is 13.2. The molecule has 0 aliphatic heterocycles. The van der Waals surface area contributed by atoms with Gasteiger partial charge >= 0.3 is 0 Å². The van der Waals surface area contributed by atoms with Crippen molar-refractivity contribution < 1.29 is 17.5 Å². The summed E-state index contributed by atoms with van der Waals surface area (Å²) in [6, 6.07) is 2.18. The van der Waals surface area contributed by atoms with Crippen LogP contribution >= 0.6 is 11.6 Å². The van der Waals surface area contributed by atoms with E-state index in [-0.39, 0.29) is 28.6 Å². The van der Waals surface area contributed by atoms with E-state index in [1.807, 2.05) is 0 Å². The Kier molecular flexibility index (Phi) is 4.89. The molecule has 0 amide bonds. The lowest BCUT2D eigenvalue weighted by Gasteiger charge is -2.40. The van der Waals surface area contributed by atoms with Gasteiger partial charge in [0, 0.05) is 20.2 Å². The fourth-order valence-electron chi connectivity index (χ4n) is 2.26. The zero-order valence-electron chi connectivity index (χ0n) is 11.7. The van der Waals surface area contributed by atoms with Crippen molar-refractivity contribution in [1.82, 2.24) is 4.72 Å². The molecule has 1 fully saturated rings. The number of benzene rings is 1. The van der Waals surface area contributed by atoms with E-state index in [0.717, 1.165) is 25.3 Å². The molecule has 1 aliphatic carbocycles. The third-order valence-electron chi connectivity index (χ3n) is 3.89. The Morgan fingerprint density at radius 3 is 2.62 bits per heavy atom. The van der Waals surface area contributed by atoms with Crippen molar-refractivity contribution in [2.24, 2.45) is 5.73 Å². The lowest BCUT2D eigenvalue weighted by molar-refractivity contribution is -0.0659. The van der Waals surface area contributed by atoms with Crippen molar-refractivity contribution in [3.05, 3.63) is 28.5 Å². The molecule has 0 spiro atoms. The summed E-state index contributed by atoms with van der Waals surface area (Å²) in [4.78, 5) is -0.185. The van der Waals surface area contributed by atoms with E-state index in [1.54, 1.807) is 7.11 Å². The first-order chi connectivity index (χ1) is 9.83. The van der Waals surface area contributed by atoms with Crippen LogP contribution in [0.4, 0.5) is 4.39 Å². The molecule has 118 valence electrons. The van der Waals surface area contributed by atoms with Gasteiger partial charge in [-0.25, -0.2) is 17.5 Å². The Hall–Kier alpha value is -0.730. The zero-order chi connectivity index (χ0) is 15.7. The second kappa shape index (κ2) is 6.18. The SMILES string of the molecule is COC1(CNS(=O)(=O)c2cc(F)c(Cl)c(CN)c2)CCC1. The van der Waals surface area contributed by atoms with Gasteiger partial charge < -0.3 is 10.5 Å². The fourth-order valence-corrected chi connectivity index (χ4v) is 3.62. The highest BCUT2D eigenvalue weighted by Crippen LogP contribution is 2.34. The molecular weight excluding hydrogens is 319 g/mol. The number of nitrogens with one attached hydrogen (secondary N) is 1. The summed E-state index contributed by atoms with van der Waals surface area (Å²) in [5.41, 5.74) is 5.24. The minimum Gasteiger partial charge on any atom is -0.377 e. The minimum absolute atomic E-state index is 0.0406. The number of methoxy groups -OCH3 is 1. The lowest BCUT2D eigenvalue weighted by Crippen LogP contribution is -2.49. The topological polar surface area (TPSA) is 81.4 Å². The third-order valence-corrected chi connectivity index (χ3v) is 5.69. The lowest BCUT2D eigenvalue weighted by atomic mass is 9.80. The number of sulfonamides is 1. The largest absolute Gasteiger partial charge is 0.377 e. The van der Waals surface area contributed by atoms with Crippen LogP contribution in [0, 0.1) is 5.82 Å². The molecule has 0 aromatic heterocycles. The van der Waals surface area contributed by atoms with Crippen molar-refractivity contribution in [1.29, 1.82) is 0 Å². The van der Waals surface area contributed by atoms with Crippen molar-refractivity contribution >= 4 is 21.6 Å². The molecule has 0 saturated heterocycles. The summed E-state index contributed by atoms with van der Waals surface area (Å²) in [6.07, 6.45) is 2.60. The van der Waals surface area contributed by atoms with Gasteiger partial charge in [0.25, 0.3) is 0 Å². The Morgan fingerprint density at radius 1 is 1.48 bits per heavy atom. The second-order valence-corrected chi connectivity index (χ2v) is 7.29. The van der Waals surface area contributed by atoms with Crippen LogP contribution < -0.4 is 10.5 Å². The normalized spacial score (nSPS) is 17.5. The molecule has 1 aromatic rings. The van der Waals surface area contributed by atoms with Crippen LogP contribution in [0.15, 0.2) is 17.0 Å². The van der Waals surface area contributed by atoms with E-state index in [4.69, 9.17) is 22.1 Å². The molecule has 1 aliphatic rings. The maximum Gasteiger partial charge on any atom is 0.240 e. The van der Waals surface area contributed by atoms with Gasteiger partial charge in [0.2, 0.25) is 10.0 Å². The molecule has 0 atom stereocenters. The summed E-state index contributed by atoms with van der Waals surface area (Å²) in [7, 11) is -2.28. The fraction of sp³-hybridized carbons (Fsp3) is 0.538. The van der Waals surface area contributed by atoms with Crippen LogP contribution in [0.25, 0.3) is 0 Å². The van der Waals surface area contributed by atoms with E-state index in [1.165, 1.54) is 6.07 Å². The van der Waals surface area contributed by atoms with Gasteiger partial charge in [0.05, 0.1) is 15.5 Å². The first-order valence-corrected chi connectivity index (χ1v) is 8.42. The van der Waals surface area contributed by atoms with Gasteiger partial charge in [-0.15, -0.1) is 0 Å². The maximum atomic E-state index is 13.7. The Labute approximate surface area is 128 Å². The Morgan fingerprint density at radius 2 is 2.14 bits per heavy atom. The highest BCUT2D eigenvalue weighted by molar-refractivity contribution is 7.89. The van der Waals surface area contributed by atoms with Crippen molar-refractivity contribution in [2.75, 3.05) is 13.7 Å². The average Bonchev–Trinajstić information content (AvgIpc) is 2.40. The van der Waals surface area contributed by atoms with Crippen LogP contribution in [0.5, 0.6) is 0 Å². The summed E-state index contributed by atoms with van der Waals surface area (Å²) >= 11 is 5.73. The van der Waals surface area contributed by atoms with Gasteiger partial charge in [-0.2, -0.15) is 0 Å². The molecule has 5 nitrogen and oxygen atoms in total. The molecule has 1 aromatic carbocycles. The van der Waals surface area contributed by atoms with Crippen molar-refractivity contribution in [3.8, 4) is 0 Å². The molecule has 0 heterocycles. The van der Waals surface area contributed by atoms with Gasteiger partial charge in [-0.05, 0) is 37.0 Å². The van der Waals surface area contributed by atoms with Crippen LogP contribution in [0.3, 0.4) is 0 Å². The number of ether oxygens (including phenoxy) is 1. The minimum atomic E-state index is -3.84. The van der Waals surface area contributed by atoms with Crippen LogP contribution in [-0.4, -0.2) is 27.7 Å². The van der Waals surface area contributed by atoms with E-state index >= 15 is 0 Å². The van der Waals surface area contributed by atoms with E-state index in [2.05, 4.69) is 4.72 Å². The molecule has 0 bridgehead atoms. The van der Waals surface area contributed by atoms with Gasteiger partial charge in [0.1, 0.15) is 5.82 Å². The molecule has 21 heavy (non-hydrogen) atoms. The first-order valence-electron chi connectivity index (χ1n) is 6.56. The molecule has 1 saturated carbocycles. The quantitative estimate of drug-likeness (QED) is 0.829. The molecule has 2 rings (SSSR count). The van der Waals surface area contributed by atoms with Crippen molar-refractivity contribution in [2.45, 2.75) is 36.3 Å². The monoisotopic (exact) mass is 336 g/mol.